The molecule has 9 heteroatoms. The van der Waals surface area contributed by atoms with E-state index >= 15 is 0 Å². The average molecular weight is 486 g/mol. The number of hydrogen-bond donors (Lipinski definition) is 0. The van der Waals surface area contributed by atoms with Gasteiger partial charge in [0, 0.05) is 25.3 Å². The van der Waals surface area contributed by atoms with Crippen LogP contribution in [0.4, 0.5) is 5.82 Å². The van der Waals surface area contributed by atoms with Gasteiger partial charge in [0.05, 0.1) is 9.79 Å². The molecule has 1 aliphatic rings. The van der Waals surface area contributed by atoms with Crippen molar-refractivity contribution < 1.29 is 16.8 Å². The van der Waals surface area contributed by atoms with E-state index in [1.165, 1.54) is 8.61 Å². The van der Waals surface area contributed by atoms with Gasteiger partial charge in [0.25, 0.3) is 10.0 Å². The number of anilines is 1. The SMILES string of the molecule is CCc1ccc(S(=O)(=O)N2CCC(N(c3ccccn3)S(=O)(=O)c3ccccc3)CC2)cc1. The third-order valence-electron chi connectivity index (χ3n) is 5.90. The fourth-order valence-electron chi connectivity index (χ4n) is 4.06. The van der Waals surface area contributed by atoms with E-state index in [-0.39, 0.29) is 22.9 Å². The number of rotatable bonds is 7. The van der Waals surface area contributed by atoms with Crippen molar-refractivity contribution in [3.63, 3.8) is 0 Å². The summed E-state index contributed by atoms with van der Waals surface area (Å²) < 4.78 is 56.1. The Morgan fingerprint density at radius 3 is 2.06 bits per heavy atom. The molecule has 1 fully saturated rings. The summed E-state index contributed by atoms with van der Waals surface area (Å²) in [6.45, 7) is 2.48. The lowest BCUT2D eigenvalue weighted by atomic mass is 10.1. The highest BCUT2D eigenvalue weighted by atomic mass is 32.2. The van der Waals surface area contributed by atoms with Gasteiger partial charge in [-0.15, -0.1) is 0 Å². The molecule has 0 aliphatic carbocycles. The second-order valence-electron chi connectivity index (χ2n) is 7.93. The lowest BCUT2D eigenvalue weighted by Gasteiger charge is -2.37. The molecular weight excluding hydrogens is 458 g/mol. The Morgan fingerprint density at radius 2 is 1.48 bits per heavy atom. The molecule has 1 aromatic heterocycles. The molecule has 2 heterocycles. The fraction of sp³-hybridized carbons (Fsp3) is 0.292. The van der Waals surface area contributed by atoms with E-state index in [1.807, 2.05) is 19.1 Å². The van der Waals surface area contributed by atoms with E-state index in [4.69, 9.17) is 0 Å². The van der Waals surface area contributed by atoms with Gasteiger partial charge in [0.2, 0.25) is 10.0 Å². The maximum atomic E-state index is 13.5. The quantitative estimate of drug-likeness (QED) is 0.509. The molecule has 0 unspecified atom stereocenters. The maximum absolute atomic E-state index is 13.5. The van der Waals surface area contributed by atoms with Crippen LogP contribution in [-0.4, -0.2) is 45.3 Å². The highest BCUT2D eigenvalue weighted by molar-refractivity contribution is 7.92. The van der Waals surface area contributed by atoms with E-state index in [0.29, 0.717) is 18.7 Å². The van der Waals surface area contributed by atoms with Gasteiger partial charge in [0.1, 0.15) is 5.82 Å². The molecule has 0 saturated carbocycles. The number of sulfonamides is 2. The lowest BCUT2D eigenvalue weighted by molar-refractivity contribution is 0.320. The highest BCUT2D eigenvalue weighted by Gasteiger charge is 2.37. The molecule has 7 nitrogen and oxygen atoms in total. The zero-order valence-electron chi connectivity index (χ0n) is 18.4. The number of benzene rings is 2. The van der Waals surface area contributed by atoms with Gasteiger partial charge < -0.3 is 0 Å². The molecule has 33 heavy (non-hydrogen) atoms. The topological polar surface area (TPSA) is 87.7 Å². The maximum Gasteiger partial charge on any atom is 0.265 e. The van der Waals surface area contributed by atoms with E-state index in [1.54, 1.807) is 66.9 Å². The van der Waals surface area contributed by atoms with E-state index in [9.17, 15) is 16.8 Å². The normalized spacial score (nSPS) is 15.9. The van der Waals surface area contributed by atoms with Crippen LogP contribution in [0.2, 0.25) is 0 Å². The van der Waals surface area contributed by atoms with Crippen LogP contribution in [0.3, 0.4) is 0 Å². The molecule has 4 rings (SSSR count). The van der Waals surface area contributed by atoms with Gasteiger partial charge >= 0.3 is 0 Å². The molecular formula is C24H27N3O4S2. The summed E-state index contributed by atoms with van der Waals surface area (Å²) in [7, 11) is -7.50. The number of hydrogen-bond acceptors (Lipinski definition) is 5. The zero-order valence-corrected chi connectivity index (χ0v) is 20.0. The molecule has 2 aromatic carbocycles. The third-order valence-corrected chi connectivity index (χ3v) is 9.68. The Morgan fingerprint density at radius 1 is 0.848 bits per heavy atom. The summed E-state index contributed by atoms with van der Waals surface area (Å²) in [6, 6.07) is 19.9. The first kappa shape index (κ1) is 23.4. The molecule has 1 saturated heterocycles. The molecule has 0 radical (unpaired) electrons. The molecule has 3 aromatic rings. The minimum Gasteiger partial charge on any atom is -0.247 e. The first-order valence-electron chi connectivity index (χ1n) is 10.9. The predicted molar refractivity (Wildman–Crippen MR) is 128 cm³/mol. The summed E-state index contributed by atoms with van der Waals surface area (Å²) in [5.74, 6) is 0.331. The Balaban J connectivity index is 1.59. The summed E-state index contributed by atoms with van der Waals surface area (Å²) in [4.78, 5) is 4.74. The van der Waals surface area contributed by atoms with Crippen molar-refractivity contribution in [1.82, 2.24) is 9.29 Å². The molecule has 1 aliphatic heterocycles. The first-order valence-corrected chi connectivity index (χ1v) is 13.8. The number of pyridine rings is 1. The van der Waals surface area contributed by atoms with Crippen LogP contribution in [0.15, 0.2) is 88.8 Å². The van der Waals surface area contributed by atoms with E-state index in [2.05, 4.69) is 4.98 Å². The van der Waals surface area contributed by atoms with Crippen molar-refractivity contribution in [2.45, 2.75) is 42.0 Å². The molecule has 0 amide bonds. The standard InChI is InChI=1S/C24H27N3O4S2/c1-2-20-11-13-23(14-12-20)32(28,29)26-18-15-21(16-19-26)27(24-10-6-7-17-25-24)33(30,31)22-8-4-3-5-9-22/h3-14,17,21H,2,15-16,18-19H2,1H3. The Bertz CT molecular complexity index is 1270. The van der Waals surface area contributed by atoms with Crippen molar-refractivity contribution in [3.8, 4) is 0 Å². The largest absolute Gasteiger partial charge is 0.265 e. The van der Waals surface area contributed by atoms with Crippen molar-refractivity contribution in [1.29, 1.82) is 0 Å². The van der Waals surface area contributed by atoms with Crippen molar-refractivity contribution >= 4 is 25.9 Å². The van der Waals surface area contributed by atoms with Crippen LogP contribution in [0.25, 0.3) is 0 Å². The molecule has 0 spiro atoms. The smallest absolute Gasteiger partial charge is 0.247 e. The Kier molecular flexibility index (Phi) is 6.83. The van der Waals surface area contributed by atoms with Crippen molar-refractivity contribution in [2.75, 3.05) is 17.4 Å². The van der Waals surface area contributed by atoms with Gasteiger partial charge in [-0.25, -0.2) is 26.1 Å². The summed E-state index contributed by atoms with van der Waals surface area (Å²) in [6.07, 6.45) is 3.14. The average Bonchev–Trinajstić information content (AvgIpc) is 2.85. The van der Waals surface area contributed by atoms with Crippen LogP contribution in [0.5, 0.6) is 0 Å². The van der Waals surface area contributed by atoms with Crippen LogP contribution in [-0.2, 0) is 26.5 Å². The Labute approximate surface area is 195 Å². The van der Waals surface area contributed by atoms with Gasteiger partial charge in [-0.3, -0.25) is 0 Å². The van der Waals surface area contributed by atoms with Crippen LogP contribution in [0, 0.1) is 0 Å². The minimum atomic E-state index is -3.86. The van der Waals surface area contributed by atoms with Crippen LogP contribution < -0.4 is 4.31 Å². The number of nitrogens with zero attached hydrogens (tertiary/aromatic N) is 3. The van der Waals surface area contributed by atoms with E-state index in [0.717, 1.165) is 12.0 Å². The summed E-state index contributed by atoms with van der Waals surface area (Å²) >= 11 is 0. The lowest BCUT2D eigenvalue weighted by Crippen LogP contribution is -2.49. The fourth-order valence-corrected chi connectivity index (χ4v) is 7.22. The summed E-state index contributed by atoms with van der Waals surface area (Å²) in [5.41, 5.74) is 1.07. The minimum absolute atomic E-state index is 0.182. The number of piperidine rings is 1. The predicted octanol–water partition coefficient (Wildman–Crippen LogP) is 3.69. The monoisotopic (exact) mass is 485 g/mol. The van der Waals surface area contributed by atoms with Gasteiger partial charge in [-0.1, -0.05) is 43.3 Å². The highest BCUT2D eigenvalue weighted by Crippen LogP contribution is 2.30. The first-order chi connectivity index (χ1) is 15.8. The van der Waals surface area contributed by atoms with Gasteiger partial charge in [0.15, 0.2) is 0 Å². The number of aromatic nitrogens is 1. The second-order valence-corrected chi connectivity index (χ2v) is 11.7. The van der Waals surface area contributed by atoms with Gasteiger partial charge in [-0.2, -0.15) is 4.31 Å². The summed E-state index contributed by atoms with van der Waals surface area (Å²) in [5, 5.41) is 0. The second kappa shape index (κ2) is 9.62. The van der Waals surface area contributed by atoms with Crippen LogP contribution >= 0.6 is 0 Å². The Hall–Kier alpha value is -2.75. The molecule has 0 bridgehead atoms. The number of aryl methyl sites for hydroxylation is 1. The van der Waals surface area contributed by atoms with E-state index < -0.39 is 26.1 Å². The van der Waals surface area contributed by atoms with Gasteiger partial charge in [-0.05, 0) is 61.2 Å². The zero-order chi connectivity index (χ0) is 23.5. The molecule has 174 valence electrons. The third kappa shape index (κ3) is 4.80. The molecule has 0 N–H and O–H groups in total. The van der Waals surface area contributed by atoms with Crippen molar-refractivity contribution in [3.05, 3.63) is 84.6 Å². The molecule has 0 atom stereocenters. The van der Waals surface area contributed by atoms with Crippen molar-refractivity contribution in [2.24, 2.45) is 0 Å². The van der Waals surface area contributed by atoms with Crippen LogP contribution in [0.1, 0.15) is 25.3 Å².